The maximum absolute atomic E-state index is 6.37. The third-order valence-electron chi connectivity index (χ3n) is 3.42. The molecule has 0 aliphatic carbocycles. The van der Waals surface area contributed by atoms with Gasteiger partial charge in [0.25, 0.3) is 0 Å². The highest BCUT2D eigenvalue weighted by atomic mass is 35.5. The Bertz CT molecular complexity index is 397. The van der Waals surface area contributed by atoms with Crippen LogP contribution in [-0.2, 0) is 11.3 Å². The summed E-state index contributed by atoms with van der Waals surface area (Å²) in [5.74, 6) is 0.628. The Kier molecular flexibility index (Phi) is 4.87. The fourth-order valence-corrected chi connectivity index (χ4v) is 2.87. The fraction of sp³-hybridized carbons (Fsp3) is 0.571. The van der Waals surface area contributed by atoms with E-state index in [0.717, 1.165) is 37.0 Å². The van der Waals surface area contributed by atoms with Crippen molar-refractivity contribution < 1.29 is 4.74 Å². The zero-order valence-corrected chi connectivity index (χ0v) is 11.8. The van der Waals surface area contributed by atoms with Crippen molar-refractivity contribution in [3.63, 3.8) is 0 Å². The van der Waals surface area contributed by atoms with Gasteiger partial charge >= 0.3 is 0 Å². The number of hydrogen-bond donors (Lipinski definition) is 1. The van der Waals surface area contributed by atoms with Gasteiger partial charge in [-0.25, -0.2) is 0 Å². The van der Waals surface area contributed by atoms with E-state index in [0.29, 0.717) is 5.92 Å². The summed E-state index contributed by atoms with van der Waals surface area (Å²) < 4.78 is 5.22. The van der Waals surface area contributed by atoms with E-state index in [4.69, 9.17) is 16.3 Å². The summed E-state index contributed by atoms with van der Waals surface area (Å²) in [5, 5.41) is 3.98. The molecule has 1 heterocycles. The van der Waals surface area contributed by atoms with Crippen LogP contribution in [0.1, 0.15) is 12.0 Å². The molecular formula is C14H21ClN2O. The summed E-state index contributed by atoms with van der Waals surface area (Å²) >= 11 is 6.37. The van der Waals surface area contributed by atoms with E-state index in [-0.39, 0.29) is 0 Å². The van der Waals surface area contributed by atoms with E-state index in [1.54, 1.807) is 7.11 Å². The Balaban J connectivity index is 2.05. The van der Waals surface area contributed by atoms with Gasteiger partial charge in [0.05, 0.1) is 17.3 Å². The Morgan fingerprint density at radius 2 is 2.33 bits per heavy atom. The number of methoxy groups -OCH3 is 1. The molecule has 1 N–H and O–H groups in total. The molecule has 1 unspecified atom stereocenters. The summed E-state index contributed by atoms with van der Waals surface area (Å²) in [6, 6.07) is 6.32. The summed E-state index contributed by atoms with van der Waals surface area (Å²) in [6.07, 6.45) is 1.18. The highest BCUT2D eigenvalue weighted by Gasteiger charge is 2.23. The van der Waals surface area contributed by atoms with Gasteiger partial charge in [0.2, 0.25) is 0 Å². The van der Waals surface area contributed by atoms with Crippen molar-refractivity contribution in [1.29, 1.82) is 0 Å². The third-order valence-corrected chi connectivity index (χ3v) is 3.72. The third kappa shape index (κ3) is 3.16. The van der Waals surface area contributed by atoms with E-state index < -0.39 is 0 Å². The summed E-state index contributed by atoms with van der Waals surface area (Å²) in [5.41, 5.74) is 2.37. The SMILES string of the molecule is CNCc1ccc(N2CCC(COC)C2)c(Cl)c1. The van der Waals surface area contributed by atoms with Gasteiger partial charge in [-0.15, -0.1) is 0 Å². The van der Waals surface area contributed by atoms with Crippen molar-refractivity contribution in [2.75, 3.05) is 38.8 Å². The molecule has 4 heteroatoms. The van der Waals surface area contributed by atoms with Crippen molar-refractivity contribution in [3.05, 3.63) is 28.8 Å². The first-order valence-corrected chi connectivity index (χ1v) is 6.79. The summed E-state index contributed by atoms with van der Waals surface area (Å²) in [6.45, 7) is 3.80. The number of hydrogen-bond acceptors (Lipinski definition) is 3. The van der Waals surface area contributed by atoms with E-state index >= 15 is 0 Å². The normalized spacial score (nSPS) is 19.5. The second-order valence-electron chi connectivity index (χ2n) is 4.87. The average Bonchev–Trinajstić information content (AvgIpc) is 2.78. The standard InChI is InChI=1S/C14H21ClN2O/c1-16-8-11-3-4-14(13(15)7-11)17-6-5-12(9-17)10-18-2/h3-4,7,12,16H,5-6,8-10H2,1-2H3. The molecule has 1 atom stereocenters. The van der Waals surface area contributed by atoms with Gasteiger partial charge in [0, 0.05) is 32.7 Å². The number of nitrogens with zero attached hydrogens (tertiary/aromatic N) is 1. The van der Waals surface area contributed by atoms with Crippen LogP contribution in [0.3, 0.4) is 0 Å². The number of anilines is 1. The maximum atomic E-state index is 6.37. The smallest absolute Gasteiger partial charge is 0.0642 e. The van der Waals surface area contributed by atoms with Crippen LogP contribution < -0.4 is 10.2 Å². The number of benzene rings is 1. The van der Waals surface area contributed by atoms with Gasteiger partial charge in [-0.1, -0.05) is 17.7 Å². The molecule has 1 aliphatic rings. The molecule has 0 saturated carbocycles. The molecule has 100 valence electrons. The Morgan fingerprint density at radius 3 is 3.00 bits per heavy atom. The molecule has 1 aromatic carbocycles. The second kappa shape index (κ2) is 6.41. The average molecular weight is 269 g/mol. The molecule has 1 fully saturated rings. The Hall–Kier alpha value is -0.770. The first-order valence-electron chi connectivity index (χ1n) is 6.41. The van der Waals surface area contributed by atoms with Crippen LogP contribution in [0, 0.1) is 5.92 Å². The second-order valence-corrected chi connectivity index (χ2v) is 5.28. The van der Waals surface area contributed by atoms with Crippen LogP contribution >= 0.6 is 11.6 Å². The van der Waals surface area contributed by atoms with Crippen LogP contribution in [0.5, 0.6) is 0 Å². The number of halogens is 1. The lowest BCUT2D eigenvalue weighted by Crippen LogP contribution is -2.21. The van der Waals surface area contributed by atoms with Gasteiger partial charge < -0.3 is 15.0 Å². The maximum Gasteiger partial charge on any atom is 0.0642 e. The quantitative estimate of drug-likeness (QED) is 0.888. The van der Waals surface area contributed by atoms with Gasteiger partial charge in [0.1, 0.15) is 0 Å². The largest absolute Gasteiger partial charge is 0.384 e. The van der Waals surface area contributed by atoms with Crippen molar-refractivity contribution in [2.45, 2.75) is 13.0 Å². The lowest BCUT2D eigenvalue weighted by atomic mass is 10.1. The topological polar surface area (TPSA) is 24.5 Å². The number of ether oxygens (including phenoxy) is 1. The molecule has 0 aromatic heterocycles. The highest BCUT2D eigenvalue weighted by Crippen LogP contribution is 2.31. The van der Waals surface area contributed by atoms with Gasteiger partial charge in [0.15, 0.2) is 0 Å². The predicted octanol–water partition coefficient (Wildman–Crippen LogP) is 2.53. The fourth-order valence-electron chi connectivity index (χ4n) is 2.54. The van der Waals surface area contributed by atoms with Gasteiger partial charge in [-0.05, 0) is 31.2 Å². The van der Waals surface area contributed by atoms with Crippen LogP contribution in [0.4, 0.5) is 5.69 Å². The molecule has 0 bridgehead atoms. The van der Waals surface area contributed by atoms with Gasteiger partial charge in [-0.2, -0.15) is 0 Å². The zero-order valence-electron chi connectivity index (χ0n) is 11.1. The van der Waals surface area contributed by atoms with E-state index in [2.05, 4.69) is 28.4 Å². The summed E-state index contributed by atoms with van der Waals surface area (Å²) in [7, 11) is 3.71. The van der Waals surface area contributed by atoms with Crippen molar-refractivity contribution in [3.8, 4) is 0 Å². The predicted molar refractivity (Wildman–Crippen MR) is 76.4 cm³/mol. The molecule has 0 spiro atoms. The number of nitrogens with one attached hydrogen (secondary N) is 1. The lowest BCUT2D eigenvalue weighted by Gasteiger charge is -2.20. The first-order chi connectivity index (χ1) is 8.74. The number of rotatable bonds is 5. The molecular weight excluding hydrogens is 248 g/mol. The molecule has 0 amide bonds. The van der Waals surface area contributed by atoms with Gasteiger partial charge in [-0.3, -0.25) is 0 Å². The Morgan fingerprint density at radius 1 is 1.50 bits per heavy atom. The molecule has 1 saturated heterocycles. The molecule has 3 nitrogen and oxygen atoms in total. The van der Waals surface area contributed by atoms with Crippen LogP contribution in [0.15, 0.2) is 18.2 Å². The Labute approximate surface area is 114 Å². The molecule has 0 radical (unpaired) electrons. The first kappa shape index (κ1) is 13.7. The van der Waals surface area contributed by atoms with E-state index in [1.807, 2.05) is 7.05 Å². The minimum Gasteiger partial charge on any atom is -0.384 e. The van der Waals surface area contributed by atoms with Crippen molar-refractivity contribution in [1.82, 2.24) is 5.32 Å². The minimum atomic E-state index is 0.628. The van der Waals surface area contributed by atoms with Crippen LogP contribution in [0.2, 0.25) is 5.02 Å². The zero-order chi connectivity index (χ0) is 13.0. The van der Waals surface area contributed by atoms with Crippen molar-refractivity contribution >= 4 is 17.3 Å². The molecule has 1 aliphatic heterocycles. The van der Waals surface area contributed by atoms with Crippen molar-refractivity contribution in [2.24, 2.45) is 5.92 Å². The molecule has 1 aromatic rings. The van der Waals surface area contributed by atoms with E-state index in [1.165, 1.54) is 12.0 Å². The lowest BCUT2D eigenvalue weighted by molar-refractivity contribution is 0.161. The highest BCUT2D eigenvalue weighted by molar-refractivity contribution is 6.33. The summed E-state index contributed by atoms with van der Waals surface area (Å²) in [4.78, 5) is 2.36. The van der Waals surface area contributed by atoms with E-state index in [9.17, 15) is 0 Å². The molecule has 18 heavy (non-hydrogen) atoms. The van der Waals surface area contributed by atoms with Crippen LogP contribution in [-0.4, -0.2) is 33.9 Å². The van der Waals surface area contributed by atoms with Crippen LogP contribution in [0.25, 0.3) is 0 Å². The minimum absolute atomic E-state index is 0.628. The monoisotopic (exact) mass is 268 g/mol. The molecule has 2 rings (SSSR count).